The second-order valence-electron chi connectivity index (χ2n) is 6.28. The lowest BCUT2D eigenvalue weighted by Gasteiger charge is -2.35. The Morgan fingerprint density at radius 1 is 1.17 bits per heavy atom. The third kappa shape index (κ3) is 3.54. The molecule has 0 bridgehead atoms. The summed E-state index contributed by atoms with van der Waals surface area (Å²) in [5.41, 5.74) is 10.1. The summed E-state index contributed by atoms with van der Waals surface area (Å²) in [5, 5.41) is 1.04. The molecule has 0 aromatic carbocycles. The van der Waals surface area contributed by atoms with Crippen molar-refractivity contribution in [1.29, 1.82) is 0 Å². The van der Waals surface area contributed by atoms with Crippen molar-refractivity contribution < 1.29 is 4.74 Å². The van der Waals surface area contributed by atoms with Crippen LogP contribution < -0.4 is 10.6 Å². The van der Waals surface area contributed by atoms with Crippen LogP contribution in [0.3, 0.4) is 0 Å². The smallest absolute Gasteiger partial charge is 0.186 e. The van der Waals surface area contributed by atoms with E-state index in [4.69, 9.17) is 15.5 Å². The number of hydrogen-bond acceptors (Lipinski definition) is 6. The van der Waals surface area contributed by atoms with E-state index >= 15 is 0 Å². The molecule has 1 aliphatic heterocycles. The third-order valence-electron chi connectivity index (χ3n) is 3.91. The number of thiazole rings is 1. The molecule has 0 spiro atoms. The molecule has 1 saturated heterocycles. The first kappa shape index (κ1) is 16.4. The topological polar surface area (TPSA) is 64.3 Å². The lowest BCUT2D eigenvalue weighted by Crippen LogP contribution is -2.45. The number of morpholine rings is 1. The van der Waals surface area contributed by atoms with E-state index in [1.165, 1.54) is 0 Å². The Morgan fingerprint density at radius 2 is 1.78 bits per heavy atom. The fourth-order valence-electron chi connectivity index (χ4n) is 3.14. The minimum absolute atomic E-state index is 0.220. The lowest BCUT2D eigenvalue weighted by atomic mass is 10.1. The second kappa shape index (κ2) is 6.55. The number of aromatic nitrogens is 2. The molecule has 2 aromatic heterocycles. The fraction of sp³-hybridized carbons (Fsp3) is 0.529. The molecule has 1 aliphatic rings. The molecule has 3 rings (SSSR count). The van der Waals surface area contributed by atoms with Crippen LogP contribution in [0.15, 0.2) is 12.1 Å². The molecular formula is C17H24N4OS. The predicted octanol–water partition coefficient (Wildman–Crippen LogP) is 2.89. The summed E-state index contributed by atoms with van der Waals surface area (Å²) in [4.78, 5) is 12.7. The number of aryl methyl sites for hydroxylation is 2. The van der Waals surface area contributed by atoms with Gasteiger partial charge in [0.25, 0.3) is 0 Å². The number of ether oxygens (including phenoxy) is 1. The highest BCUT2D eigenvalue weighted by Gasteiger charge is 2.25. The first-order chi connectivity index (χ1) is 11.0. The highest BCUT2D eigenvalue weighted by Crippen LogP contribution is 2.36. The van der Waals surface area contributed by atoms with E-state index in [2.05, 4.69) is 35.9 Å². The Balaban J connectivity index is 1.97. The fourth-order valence-corrected chi connectivity index (χ4v) is 4.24. The molecule has 6 heteroatoms. The molecule has 23 heavy (non-hydrogen) atoms. The van der Waals surface area contributed by atoms with Crippen molar-refractivity contribution in [2.75, 3.05) is 18.0 Å². The van der Waals surface area contributed by atoms with E-state index in [0.717, 1.165) is 45.7 Å². The quantitative estimate of drug-likeness (QED) is 0.936. The van der Waals surface area contributed by atoms with Gasteiger partial charge in [0, 0.05) is 31.0 Å². The van der Waals surface area contributed by atoms with Crippen LogP contribution in [0.5, 0.6) is 0 Å². The zero-order valence-electron chi connectivity index (χ0n) is 14.2. The lowest BCUT2D eigenvalue weighted by molar-refractivity contribution is -0.00523. The molecule has 124 valence electrons. The maximum atomic E-state index is 5.95. The Hall–Kier alpha value is -1.50. The summed E-state index contributed by atoms with van der Waals surface area (Å²) in [7, 11) is 0. The third-order valence-corrected chi connectivity index (χ3v) is 5.12. The van der Waals surface area contributed by atoms with Crippen molar-refractivity contribution in [2.24, 2.45) is 5.73 Å². The molecule has 0 radical (unpaired) electrons. The average molecular weight is 332 g/mol. The van der Waals surface area contributed by atoms with Gasteiger partial charge in [0.05, 0.1) is 22.8 Å². The van der Waals surface area contributed by atoms with E-state index in [1.54, 1.807) is 11.3 Å². The van der Waals surface area contributed by atoms with Crippen LogP contribution in [0.4, 0.5) is 5.13 Å². The van der Waals surface area contributed by atoms with Crippen molar-refractivity contribution in [3.8, 4) is 10.4 Å². The van der Waals surface area contributed by atoms with Gasteiger partial charge in [-0.25, -0.2) is 4.98 Å². The van der Waals surface area contributed by atoms with Crippen LogP contribution >= 0.6 is 11.3 Å². The van der Waals surface area contributed by atoms with E-state index in [0.29, 0.717) is 6.54 Å². The molecule has 2 aromatic rings. The van der Waals surface area contributed by atoms with Gasteiger partial charge in [-0.1, -0.05) is 11.3 Å². The summed E-state index contributed by atoms with van der Waals surface area (Å²) < 4.78 is 5.82. The molecular weight excluding hydrogens is 308 g/mol. The molecule has 0 amide bonds. The van der Waals surface area contributed by atoms with Crippen molar-refractivity contribution in [1.82, 2.24) is 9.97 Å². The van der Waals surface area contributed by atoms with Gasteiger partial charge in [-0.3, -0.25) is 4.98 Å². The van der Waals surface area contributed by atoms with Gasteiger partial charge < -0.3 is 15.4 Å². The van der Waals surface area contributed by atoms with Crippen LogP contribution in [0.1, 0.15) is 30.9 Å². The van der Waals surface area contributed by atoms with Crippen molar-refractivity contribution in [2.45, 2.75) is 46.4 Å². The summed E-state index contributed by atoms with van der Waals surface area (Å²) >= 11 is 1.72. The summed E-state index contributed by atoms with van der Waals surface area (Å²) in [5.74, 6) is 0. The maximum Gasteiger partial charge on any atom is 0.186 e. The standard InChI is InChI=1S/C17H24N4OS/c1-10-5-14(6-11(2)19-10)16-15(7-18)20-17(23-16)21-8-12(3)22-13(4)9-21/h5-6,12-13H,7-9,18H2,1-4H3/t12-,13?/m1/s1. The van der Waals surface area contributed by atoms with E-state index in [1.807, 2.05) is 13.8 Å². The van der Waals surface area contributed by atoms with Gasteiger partial charge in [0.1, 0.15) is 0 Å². The van der Waals surface area contributed by atoms with E-state index in [-0.39, 0.29) is 12.2 Å². The first-order valence-electron chi connectivity index (χ1n) is 8.02. The van der Waals surface area contributed by atoms with Crippen molar-refractivity contribution in [3.05, 3.63) is 29.2 Å². The molecule has 2 N–H and O–H groups in total. The number of rotatable bonds is 3. The first-order valence-corrected chi connectivity index (χ1v) is 8.83. The van der Waals surface area contributed by atoms with Crippen molar-refractivity contribution >= 4 is 16.5 Å². The molecule has 1 fully saturated rings. The van der Waals surface area contributed by atoms with Crippen LogP contribution in [-0.4, -0.2) is 35.3 Å². The van der Waals surface area contributed by atoms with Gasteiger partial charge in [-0.05, 0) is 45.4 Å². The van der Waals surface area contributed by atoms with Crippen LogP contribution in [-0.2, 0) is 11.3 Å². The number of nitrogens with zero attached hydrogens (tertiary/aromatic N) is 3. The van der Waals surface area contributed by atoms with Gasteiger partial charge >= 0.3 is 0 Å². The number of hydrogen-bond donors (Lipinski definition) is 1. The van der Waals surface area contributed by atoms with Crippen LogP contribution in [0, 0.1) is 13.8 Å². The second-order valence-corrected chi connectivity index (χ2v) is 7.25. The Bertz CT molecular complexity index is 670. The minimum Gasteiger partial charge on any atom is -0.372 e. The zero-order valence-corrected chi connectivity index (χ0v) is 15.0. The summed E-state index contributed by atoms with van der Waals surface area (Å²) in [6, 6.07) is 4.21. The normalized spacial score (nSPS) is 21.7. The Morgan fingerprint density at radius 3 is 2.35 bits per heavy atom. The molecule has 0 aliphatic carbocycles. The summed E-state index contributed by atoms with van der Waals surface area (Å²) in [6.07, 6.45) is 0.440. The van der Waals surface area contributed by atoms with E-state index < -0.39 is 0 Å². The van der Waals surface area contributed by atoms with Gasteiger partial charge in [0.2, 0.25) is 0 Å². The Kier molecular flexibility index (Phi) is 4.66. The number of anilines is 1. The van der Waals surface area contributed by atoms with Crippen LogP contribution in [0.25, 0.3) is 10.4 Å². The molecule has 1 unspecified atom stereocenters. The SMILES string of the molecule is Cc1cc(-c2sc(N3CC(C)O[C@H](C)C3)nc2CN)cc(C)n1. The number of nitrogens with two attached hydrogens (primary N) is 1. The number of pyridine rings is 1. The molecule has 5 nitrogen and oxygen atoms in total. The highest BCUT2D eigenvalue weighted by atomic mass is 32.1. The largest absolute Gasteiger partial charge is 0.372 e. The van der Waals surface area contributed by atoms with Crippen molar-refractivity contribution in [3.63, 3.8) is 0 Å². The molecule has 0 saturated carbocycles. The average Bonchev–Trinajstić information content (AvgIpc) is 2.89. The highest BCUT2D eigenvalue weighted by molar-refractivity contribution is 7.19. The molecule has 2 atom stereocenters. The summed E-state index contributed by atoms with van der Waals surface area (Å²) in [6.45, 7) is 10.4. The Labute approximate surface area is 141 Å². The van der Waals surface area contributed by atoms with Gasteiger partial charge in [0.15, 0.2) is 5.13 Å². The minimum atomic E-state index is 0.220. The zero-order chi connectivity index (χ0) is 16.6. The monoisotopic (exact) mass is 332 g/mol. The maximum absolute atomic E-state index is 5.95. The van der Waals surface area contributed by atoms with Gasteiger partial charge in [-0.2, -0.15) is 0 Å². The van der Waals surface area contributed by atoms with Gasteiger partial charge in [-0.15, -0.1) is 0 Å². The predicted molar refractivity (Wildman–Crippen MR) is 94.9 cm³/mol. The van der Waals surface area contributed by atoms with E-state index in [9.17, 15) is 0 Å². The molecule has 3 heterocycles. The van der Waals surface area contributed by atoms with Crippen LogP contribution in [0.2, 0.25) is 0 Å².